The van der Waals surface area contributed by atoms with Crippen LogP contribution in [0.3, 0.4) is 0 Å². The average Bonchev–Trinajstić information content (AvgIpc) is 3.88. The molecule has 0 saturated heterocycles. The lowest BCUT2D eigenvalue weighted by atomic mass is 9.70. The molecule has 3 nitrogen and oxygen atoms in total. The summed E-state index contributed by atoms with van der Waals surface area (Å²) >= 11 is 0. The first kappa shape index (κ1) is 38.6. The summed E-state index contributed by atoms with van der Waals surface area (Å²) in [6, 6.07) is 85.7. The summed E-state index contributed by atoms with van der Waals surface area (Å²) in [5.74, 6) is 0.694. The van der Waals surface area contributed by atoms with Gasteiger partial charge in [-0.3, -0.25) is 4.98 Å². The van der Waals surface area contributed by atoms with Gasteiger partial charge < -0.3 is 0 Å². The van der Waals surface area contributed by atoms with Gasteiger partial charge in [0.05, 0.1) is 16.8 Å². The van der Waals surface area contributed by atoms with E-state index < -0.39 is 0 Å². The third kappa shape index (κ3) is 6.39. The maximum atomic E-state index is 5.16. The molecule has 67 heavy (non-hydrogen) atoms. The van der Waals surface area contributed by atoms with Gasteiger partial charge in [-0.05, 0) is 131 Å². The Morgan fingerprint density at radius 1 is 0.239 bits per heavy atom. The third-order valence-corrected chi connectivity index (χ3v) is 13.8. The standard InChI is InChI=1S/C64H41N3/c1-2-13-45(14-3-1)63-66-61(44-29-27-42(28-30-44)43-33-35-65-36-34-43)41-62(67-63)52-20-12-19-50(39-52)48-17-10-15-46(37-48)47-16-11-18-49(38-47)51-31-32-60-56(40-51)55-23-6-9-26-59(55)64(60)57-24-7-4-21-53(57)54-22-5-8-25-58(54)64/h1-41H. The first-order valence-electron chi connectivity index (χ1n) is 22.9. The summed E-state index contributed by atoms with van der Waals surface area (Å²) in [5, 5.41) is 0. The molecule has 1 spiro atoms. The highest BCUT2D eigenvalue weighted by Gasteiger charge is 2.51. The van der Waals surface area contributed by atoms with Gasteiger partial charge in [-0.25, -0.2) is 9.97 Å². The van der Waals surface area contributed by atoms with Crippen LogP contribution in [0.4, 0.5) is 0 Å². The van der Waals surface area contributed by atoms with Crippen LogP contribution in [0, 0.1) is 0 Å². The Bertz CT molecular complexity index is 3640. The van der Waals surface area contributed by atoms with Crippen molar-refractivity contribution in [3.63, 3.8) is 0 Å². The van der Waals surface area contributed by atoms with Gasteiger partial charge in [-0.15, -0.1) is 0 Å². The zero-order chi connectivity index (χ0) is 44.3. The summed E-state index contributed by atoms with van der Waals surface area (Å²) in [6.07, 6.45) is 3.65. The molecule has 2 aliphatic rings. The molecule has 2 aliphatic carbocycles. The van der Waals surface area contributed by atoms with E-state index >= 15 is 0 Å². The smallest absolute Gasteiger partial charge is 0.160 e. The summed E-state index contributed by atoms with van der Waals surface area (Å²) < 4.78 is 0. The van der Waals surface area contributed by atoms with E-state index in [1.54, 1.807) is 0 Å². The number of hydrogen-bond acceptors (Lipinski definition) is 3. The zero-order valence-electron chi connectivity index (χ0n) is 36.5. The van der Waals surface area contributed by atoms with E-state index in [9.17, 15) is 0 Å². The number of benzene rings is 9. The second-order valence-corrected chi connectivity index (χ2v) is 17.5. The monoisotopic (exact) mass is 851 g/mol. The molecular formula is C64H41N3. The summed E-state index contributed by atoms with van der Waals surface area (Å²) in [5.41, 5.74) is 24.4. The van der Waals surface area contributed by atoms with Gasteiger partial charge in [0.25, 0.3) is 0 Å². The minimum absolute atomic E-state index is 0.343. The summed E-state index contributed by atoms with van der Waals surface area (Å²) in [4.78, 5) is 14.4. The van der Waals surface area contributed by atoms with E-state index in [-0.39, 0.29) is 5.41 Å². The predicted octanol–water partition coefficient (Wildman–Crippen LogP) is 15.9. The minimum atomic E-state index is -0.343. The molecule has 11 aromatic rings. The Morgan fingerprint density at radius 3 is 1.19 bits per heavy atom. The molecule has 0 bridgehead atoms. The number of rotatable bonds is 7. The van der Waals surface area contributed by atoms with Crippen molar-refractivity contribution in [2.45, 2.75) is 5.41 Å². The Labute approximate surface area is 390 Å². The first-order chi connectivity index (χ1) is 33.2. The second-order valence-electron chi connectivity index (χ2n) is 17.5. The fraction of sp³-hybridized carbons (Fsp3) is 0.0156. The van der Waals surface area contributed by atoms with Gasteiger partial charge in [-0.2, -0.15) is 0 Å². The Balaban J connectivity index is 0.846. The van der Waals surface area contributed by atoms with Crippen molar-refractivity contribution in [1.29, 1.82) is 0 Å². The van der Waals surface area contributed by atoms with E-state index in [0.717, 1.165) is 50.3 Å². The van der Waals surface area contributed by atoms with Crippen LogP contribution in [0.25, 0.3) is 101 Å². The molecule has 9 aromatic carbocycles. The van der Waals surface area contributed by atoms with Crippen LogP contribution in [-0.2, 0) is 5.41 Å². The van der Waals surface area contributed by atoms with Gasteiger partial charge >= 0.3 is 0 Å². The molecular weight excluding hydrogens is 811 g/mol. The van der Waals surface area contributed by atoms with Crippen LogP contribution in [0.5, 0.6) is 0 Å². The van der Waals surface area contributed by atoms with E-state index in [2.05, 4.69) is 211 Å². The SMILES string of the molecule is c1ccc(-c2nc(-c3ccc(-c4ccncc4)cc3)cc(-c3cccc(-c4cccc(-c5cccc(-c6ccc7c(c6)-c6ccccc6C76c7ccccc7-c7ccccc76)c5)c4)c3)n2)cc1. The third-order valence-electron chi connectivity index (χ3n) is 13.8. The van der Waals surface area contributed by atoms with Crippen molar-refractivity contribution < 1.29 is 0 Å². The molecule has 0 N–H and O–H groups in total. The predicted molar refractivity (Wildman–Crippen MR) is 274 cm³/mol. The normalized spacial score (nSPS) is 12.6. The second kappa shape index (κ2) is 15.7. The van der Waals surface area contributed by atoms with Crippen LogP contribution in [0.2, 0.25) is 0 Å². The minimum Gasteiger partial charge on any atom is -0.265 e. The van der Waals surface area contributed by atoms with E-state index in [1.165, 1.54) is 66.8 Å². The highest BCUT2D eigenvalue weighted by atomic mass is 14.9. The fourth-order valence-corrected chi connectivity index (χ4v) is 10.7. The van der Waals surface area contributed by atoms with Crippen molar-refractivity contribution in [1.82, 2.24) is 15.0 Å². The lowest BCUT2D eigenvalue weighted by molar-refractivity contribution is 0.794. The van der Waals surface area contributed by atoms with Crippen LogP contribution >= 0.6 is 0 Å². The van der Waals surface area contributed by atoms with Crippen molar-refractivity contribution in [3.8, 4) is 101 Å². The van der Waals surface area contributed by atoms with Gasteiger partial charge in [-0.1, -0.05) is 194 Å². The van der Waals surface area contributed by atoms with E-state index in [4.69, 9.17) is 9.97 Å². The molecule has 3 heteroatoms. The number of nitrogens with zero attached hydrogens (tertiary/aromatic N) is 3. The van der Waals surface area contributed by atoms with Crippen LogP contribution in [0.1, 0.15) is 22.3 Å². The molecule has 2 aromatic heterocycles. The van der Waals surface area contributed by atoms with Crippen molar-refractivity contribution in [2.75, 3.05) is 0 Å². The van der Waals surface area contributed by atoms with Crippen LogP contribution in [-0.4, -0.2) is 15.0 Å². The largest absolute Gasteiger partial charge is 0.265 e. The molecule has 0 amide bonds. The highest BCUT2D eigenvalue weighted by molar-refractivity contribution is 5.96. The molecule has 0 unspecified atom stereocenters. The molecule has 13 rings (SSSR count). The fourth-order valence-electron chi connectivity index (χ4n) is 10.7. The van der Waals surface area contributed by atoms with Crippen LogP contribution < -0.4 is 0 Å². The van der Waals surface area contributed by atoms with Crippen molar-refractivity contribution in [2.24, 2.45) is 0 Å². The molecule has 0 atom stereocenters. The molecule has 0 aliphatic heterocycles. The quantitative estimate of drug-likeness (QED) is 0.160. The van der Waals surface area contributed by atoms with Crippen LogP contribution in [0.15, 0.2) is 249 Å². The van der Waals surface area contributed by atoms with E-state index in [1.807, 2.05) is 42.7 Å². The first-order valence-corrected chi connectivity index (χ1v) is 22.9. The number of aromatic nitrogens is 3. The Hall–Kier alpha value is -8.79. The maximum absolute atomic E-state index is 5.16. The van der Waals surface area contributed by atoms with Gasteiger partial charge in [0.1, 0.15) is 0 Å². The molecule has 0 radical (unpaired) electrons. The summed E-state index contributed by atoms with van der Waals surface area (Å²) in [6.45, 7) is 0. The molecule has 2 heterocycles. The number of pyridine rings is 1. The Morgan fingerprint density at radius 2 is 0.627 bits per heavy atom. The number of fused-ring (bicyclic) bond motifs is 10. The van der Waals surface area contributed by atoms with Crippen molar-refractivity contribution in [3.05, 3.63) is 271 Å². The highest BCUT2D eigenvalue weighted by Crippen LogP contribution is 2.63. The molecule has 0 saturated carbocycles. The maximum Gasteiger partial charge on any atom is 0.160 e. The van der Waals surface area contributed by atoms with Crippen molar-refractivity contribution >= 4 is 0 Å². The lowest BCUT2D eigenvalue weighted by Gasteiger charge is -2.30. The average molecular weight is 852 g/mol. The Kier molecular flexibility index (Phi) is 9.07. The molecule has 0 fully saturated rings. The van der Waals surface area contributed by atoms with Gasteiger partial charge in [0, 0.05) is 29.1 Å². The topological polar surface area (TPSA) is 38.7 Å². The van der Waals surface area contributed by atoms with Gasteiger partial charge in [0.2, 0.25) is 0 Å². The van der Waals surface area contributed by atoms with Gasteiger partial charge in [0.15, 0.2) is 5.82 Å². The molecule has 312 valence electrons. The lowest BCUT2D eigenvalue weighted by Crippen LogP contribution is -2.25. The zero-order valence-corrected chi connectivity index (χ0v) is 36.5. The van der Waals surface area contributed by atoms with E-state index in [0.29, 0.717) is 5.82 Å². The number of hydrogen-bond donors (Lipinski definition) is 0. The summed E-state index contributed by atoms with van der Waals surface area (Å²) in [7, 11) is 0.